The molecule has 0 aliphatic carbocycles. The van der Waals surface area contributed by atoms with Gasteiger partial charge in [0.2, 0.25) is 0 Å². The Labute approximate surface area is 260 Å². The van der Waals surface area contributed by atoms with Gasteiger partial charge in [0.1, 0.15) is 11.2 Å². The Hall–Kier alpha value is -5.66. The Balaban J connectivity index is 1.37. The molecule has 9 aromatic rings. The summed E-state index contributed by atoms with van der Waals surface area (Å²) >= 11 is 0. The van der Waals surface area contributed by atoms with Gasteiger partial charge in [-0.2, -0.15) is 0 Å². The smallest absolute Gasteiger partial charge is 0.135 e. The third-order valence-corrected chi connectivity index (χ3v) is 8.30. The normalized spacial score (nSPS) is 14.3. The number of rotatable bonds is 3. The Morgan fingerprint density at radius 2 is 0.907 bits per heavy atom. The van der Waals surface area contributed by atoms with Crippen LogP contribution in [0, 0.1) is 0 Å². The SMILES string of the molecule is [2H]c1c([2H])c([2H])c2c(-c3ccc4ccccc4c3)c3c([2H])c([2H])c([2H])c([2H])c3c(-c3ccc(-c4ccc5oc6ccccc6c5c4)cc3)c2c1[2H]. The fourth-order valence-electron chi connectivity index (χ4n) is 6.28. The molecule has 0 bridgehead atoms. The molecule has 0 N–H and O–H groups in total. The summed E-state index contributed by atoms with van der Waals surface area (Å²) < 4.78 is 77.6. The second kappa shape index (κ2) is 9.44. The van der Waals surface area contributed by atoms with Crippen molar-refractivity contribution in [3.8, 4) is 33.4 Å². The zero-order valence-corrected chi connectivity index (χ0v) is 22.8. The summed E-state index contributed by atoms with van der Waals surface area (Å²) in [4.78, 5) is 0. The predicted molar refractivity (Wildman–Crippen MR) is 183 cm³/mol. The number of hydrogen-bond donors (Lipinski definition) is 0. The molecule has 0 spiro atoms. The average molecular weight is 555 g/mol. The lowest BCUT2D eigenvalue weighted by Gasteiger charge is -2.18. The number of para-hydroxylation sites is 1. The van der Waals surface area contributed by atoms with Gasteiger partial charge in [-0.15, -0.1) is 0 Å². The minimum Gasteiger partial charge on any atom is -0.456 e. The molecule has 43 heavy (non-hydrogen) atoms. The van der Waals surface area contributed by atoms with Crippen molar-refractivity contribution < 1.29 is 15.4 Å². The van der Waals surface area contributed by atoms with Crippen molar-refractivity contribution in [2.24, 2.45) is 0 Å². The molecule has 0 saturated carbocycles. The predicted octanol–water partition coefficient (Wildman–Crippen LogP) is 12.0. The van der Waals surface area contributed by atoms with E-state index in [1.165, 1.54) is 0 Å². The zero-order valence-electron chi connectivity index (χ0n) is 30.8. The van der Waals surface area contributed by atoms with Crippen molar-refractivity contribution in [2.45, 2.75) is 0 Å². The maximum atomic E-state index is 9.21. The largest absolute Gasteiger partial charge is 0.456 e. The monoisotopic (exact) mass is 554 g/mol. The van der Waals surface area contributed by atoms with Crippen LogP contribution in [0.1, 0.15) is 11.0 Å². The summed E-state index contributed by atoms with van der Waals surface area (Å²) in [5, 5.41) is 4.64. The minimum atomic E-state index is -0.421. The van der Waals surface area contributed by atoms with Crippen molar-refractivity contribution in [1.29, 1.82) is 0 Å². The molecule has 0 radical (unpaired) electrons. The molecule has 1 nitrogen and oxygen atoms in total. The first-order chi connectivity index (χ1) is 24.6. The van der Waals surface area contributed by atoms with E-state index >= 15 is 0 Å². The van der Waals surface area contributed by atoms with Crippen molar-refractivity contribution in [3.63, 3.8) is 0 Å². The van der Waals surface area contributed by atoms with Gasteiger partial charge in [-0.05, 0) is 90.0 Å². The zero-order chi connectivity index (χ0) is 35.3. The lowest BCUT2D eigenvalue weighted by atomic mass is 9.85. The Morgan fingerprint density at radius 1 is 0.372 bits per heavy atom. The van der Waals surface area contributed by atoms with Crippen LogP contribution in [0.2, 0.25) is 0 Å². The van der Waals surface area contributed by atoms with E-state index in [4.69, 9.17) is 9.90 Å². The fraction of sp³-hybridized carbons (Fsp3) is 0. The standard InChI is InChI=1S/C42H26O/c1-2-10-30-25-32(22-19-27(30)9-1)42-36-14-5-3-12-34(36)41(35-13-4-6-15-37(35)42)29-20-17-28(18-21-29)31-23-24-40-38(26-31)33-11-7-8-16-39(33)43-40/h1-26H/i3D,4D,5D,6D,12D,13D,14D,15D. The molecule has 1 heterocycles. The Bertz CT molecular complexity index is 2860. The first-order valence-electron chi connectivity index (χ1n) is 18.1. The van der Waals surface area contributed by atoms with Gasteiger partial charge in [-0.3, -0.25) is 0 Å². The van der Waals surface area contributed by atoms with Gasteiger partial charge in [0.05, 0.1) is 11.0 Å². The van der Waals surface area contributed by atoms with E-state index < -0.39 is 24.2 Å². The van der Waals surface area contributed by atoms with Gasteiger partial charge in [0, 0.05) is 10.8 Å². The number of furan rings is 1. The molecule has 8 aromatic carbocycles. The molecule has 0 aliphatic heterocycles. The molecule has 0 amide bonds. The quantitative estimate of drug-likeness (QED) is 0.198. The van der Waals surface area contributed by atoms with E-state index in [1.807, 2.05) is 103 Å². The molecule has 1 aromatic heterocycles. The van der Waals surface area contributed by atoms with Crippen LogP contribution in [0.25, 0.3) is 87.6 Å². The van der Waals surface area contributed by atoms with E-state index in [2.05, 4.69) is 6.07 Å². The van der Waals surface area contributed by atoms with Crippen LogP contribution in [-0.4, -0.2) is 0 Å². The number of fused-ring (bicyclic) bond motifs is 6. The molecular weight excluding hydrogens is 520 g/mol. The topological polar surface area (TPSA) is 13.1 Å². The van der Waals surface area contributed by atoms with Crippen LogP contribution >= 0.6 is 0 Å². The van der Waals surface area contributed by atoms with Crippen LogP contribution in [0.5, 0.6) is 0 Å². The Kier molecular flexibility index (Phi) is 3.80. The van der Waals surface area contributed by atoms with Crippen molar-refractivity contribution in [1.82, 2.24) is 0 Å². The molecule has 0 atom stereocenters. The van der Waals surface area contributed by atoms with Crippen molar-refractivity contribution >= 4 is 54.3 Å². The van der Waals surface area contributed by atoms with E-state index in [0.717, 1.165) is 43.8 Å². The van der Waals surface area contributed by atoms with Gasteiger partial charge in [-0.1, -0.05) is 133 Å². The minimum absolute atomic E-state index is 0.195. The van der Waals surface area contributed by atoms with Gasteiger partial charge in [0.15, 0.2) is 0 Å². The molecule has 200 valence electrons. The lowest BCUT2D eigenvalue weighted by Crippen LogP contribution is -1.91. The first-order valence-corrected chi connectivity index (χ1v) is 14.1. The average Bonchev–Trinajstić information content (AvgIpc) is 3.54. The highest BCUT2D eigenvalue weighted by Crippen LogP contribution is 2.44. The summed E-state index contributed by atoms with van der Waals surface area (Å²) in [6.45, 7) is 0. The van der Waals surface area contributed by atoms with Gasteiger partial charge in [0.25, 0.3) is 0 Å². The third kappa shape index (κ3) is 3.79. The van der Waals surface area contributed by atoms with Crippen LogP contribution in [0.15, 0.2) is 162 Å². The molecule has 0 unspecified atom stereocenters. The highest BCUT2D eigenvalue weighted by Gasteiger charge is 2.17. The van der Waals surface area contributed by atoms with Crippen molar-refractivity contribution in [2.75, 3.05) is 0 Å². The van der Waals surface area contributed by atoms with E-state index in [1.54, 1.807) is 0 Å². The summed E-state index contributed by atoms with van der Waals surface area (Å²) in [5.41, 5.74) is 5.25. The highest BCUT2D eigenvalue weighted by molar-refractivity contribution is 6.21. The fourth-order valence-corrected chi connectivity index (χ4v) is 6.28. The number of hydrogen-bond acceptors (Lipinski definition) is 1. The van der Waals surface area contributed by atoms with Gasteiger partial charge in [-0.25, -0.2) is 0 Å². The second-order valence-electron chi connectivity index (χ2n) is 10.7. The molecular formula is C42H26O. The first kappa shape index (κ1) is 17.3. The maximum Gasteiger partial charge on any atom is 0.135 e. The molecule has 0 saturated heterocycles. The van der Waals surface area contributed by atoms with E-state index in [-0.39, 0.29) is 45.7 Å². The second-order valence-corrected chi connectivity index (χ2v) is 10.7. The van der Waals surface area contributed by atoms with Gasteiger partial charge >= 0.3 is 0 Å². The highest BCUT2D eigenvalue weighted by atomic mass is 16.3. The molecule has 0 aliphatic rings. The number of benzene rings is 8. The Morgan fingerprint density at radius 3 is 1.63 bits per heavy atom. The molecule has 9 rings (SSSR count). The van der Waals surface area contributed by atoms with Crippen LogP contribution in [0.3, 0.4) is 0 Å². The molecule has 1 heteroatoms. The van der Waals surface area contributed by atoms with Crippen LogP contribution in [-0.2, 0) is 0 Å². The van der Waals surface area contributed by atoms with Crippen LogP contribution in [0.4, 0.5) is 0 Å². The summed E-state index contributed by atoms with van der Waals surface area (Å²) in [5.74, 6) is 0. The van der Waals surface area contributed by atoms with E-state index in [0.29, 0.717) is 22.3 Å². The maximum absolute atomic E-state index is 9.21. The summed E-state index contributed by atoms with van der Waals surface area (Å²) in [6.07, 6.45) is 0. The third-order valence-electron chi connectivity index (χ3n) is 8.30. The van der Waals surface area contributed by atoms with E-state index in [9.17, 15) is 5.48 Å². The van der Waals surface area contributed by atoms with Crippen molar-refractivity contribution in [3.05, 3.63) is 158 Å². The summed E-state index contributed by atoms with van der Waals surface area (Å²) in [7, 11) is 0. The summed E-state index contributed by atoms with van der Waals surface area (Å²) in [6, 6.07) is 32.0. The molecule has 0 fully saturated rings. The van der Waals surface area contributed by atoms with Gasteiger partial charge < -0.3 is 4.42 Å². The van der Waals surface area contributed by atoms with Crippen LogP contribution < -0.4 is 0 Å². The lowest BCUT2D eigenvalue weighted by molar-refractivity contribution is 0.669.